The first-order valence-corrected chi connectivity index (χ1v) is 11.1. The van der Waals surface area contributed by atoms with Crippen molar-refractivity contribution in [1.82, 2.24) is 5.32 Å². The molecule has 0 saturated carbocycles. The molecule has 1 fully saturated rings. The first-order valence-electron chi connectivity index (χ1n) is 9.49. The quantitative estimate of drug-likeness (QED) is 0.773. The number of carbonyl (C=O) groups is 1. The molecule has 1 aliphatic heterocycles. The van der Waals surface area contributed by atoms with Crippen LogP contribution in [0.25, 0.3) is 0 Å². The maximum Gasteiger partial charge on any atom is 0.251 e. The lowest BCUT2D eigenvalue weighted by atomic mass is 10.1. The van der Waals surface area contributed by atoms with Gasteiger partial charge in [-0.3, -0.25) is 9.10 Å². The molecular formula is C21H26N2O4S. The summed E-state index contributed by atoms with van der Waals surface area (Å²) >= 11 is 0. The lowest BCUT2D eigenvalue weighted by Gasteiger charge is -2.17. The number of hydrogen-bond acceptors (Lipinski definition) is 4. The molecule has 2 aromatic carbocycles. The minimum atomic E-state index is -3.20. The molecule has 28 heavy (non-hydrogen) atoms. The second-order valence-electron chi connectivity index (χ2n) is 7.11. The van der Waals surface area contributed by atoms with Gasteiger partial charge in [-0.25, -0.2) is 8.42 Å². The van der Waals surface area contributed by atoms with Crippen LogP contribution in [-0.4, -0.2) is 39.3 Å². The number of rotatable bonds is 7. The average Bonchev–Trinajstić information content (AvgIpc) is 3.02. The fraction of sp³-hybridized carbons (Fsp3) is 0.381. The normalized spacial score (nSPS) is 15.6. The van der Waals surface area contributed by atoms with Crippen LogP contribution >= 0.6 is 0 Å². The van der Waals surface area contributed by atoms with Crippen molar-refractivity contribution in [1.29, 1.82) is 0 Å². The zero-order valence-electron chi connectivity index (χ0n) is 16.2. The minimum Gasteiger partial charge on any atom is -0.491 e. The molecule has 0 aliphatic carbocycles. The van der Waals surface area contributed by atoms with Crippen LogP contribution in [0.1, 0.15) is 36.2 Å². The molecule has 0 aromatic heterocycles. The molecule has 0 bridgehead atoms. The Balaban J connectivity index is 1.51. The second-order valence-corrected chi connectivity index (χ2v) is 9.12. The Hall–Kier alpha value is -2.54. The summed E-state index contributed by atoms with van der Waals surface area (Å²) in [7, 11) is -3.20. The molecular weight excluding hydrogens is 376 g/mol. The summed E-state index contributed by atoms with van der Waals surface area (Å²) in [4.78, 5) is 12.3. The van der Waals surface area contributed by atoms with Crippen LogP contribution < -0.4 is 14.4 Å². The molecule has 0 radical (unpaired) electrons. The van der Waals surface area contributed by atoms with Gasteiger partial charge in [0.05, 0.1) is 17.5 Å². The van der Waals surface area contributed by atoms with Crippen molar-refractivity contribution in [2.24, 2.45) is 0 Å². The van der Waals surface area contributed by atoms with Gasteiger partial charge in [0.1, 0.15) is 5.75 Å². The molecule has 1 saturated heterocycles. The maximum atomic E-state index is 12.3. The van der Waals surface area contributed by atoms with Gasteiger partial charge in [-0.05, 0) is 68.7 Å². The lowest BCUT2D eigenvalue weighted by Crippen LogP contribution is -2.26. The molecule has 150 valence electrons. The van der Waals surface area contributed by atoms with Crippen molar-refractivity contribution in [2.45, 2.75) is 32.8 Å². The second kappa shape index (κ2) is 8.65. The predicted octanol–water partition coefficient (Wildman–Crippen LogP) is 2.99. The molecule has 3 rings (SSSR count). The number of hydrogen-bond donors (Lipinski definition) is 1. The van der Waals surface area contributed by atoms with Gasteiger partial charge < -0.3 is 10.1 Å². The summed E-state index contributed by atoms with van der Waals surface area (Å²) in [5.74, 6) is 0.846. The van der Waals surface area contributed by atoms with Gasteiger partial charge >= 0.3 is 0 Å². The first kappa shape index (κ1) is 20.2. The third-order valence-corrected chi connectivity index (χ3v) is 6.38. The molecule has 0 atom stereocenters. The fourth-order valence-corrected chi connectivity index (χ4v) is 4.70. The van der Waals surface area contributed by atoms with Gasteiger partial charge in [0.25, 0.3) is 5.91 Å². The molecule has 1 heterocycles. The van der Waals surface area contributed by atoms with Crippen molar-refractivity contribution in [2.75, 3.05) is 23.1 Å². The van der Waals surface area contributed by atoms with E-state index in [1.165, 1.54) is 4.31 Å². The molecule has 1 amide bonds. The van der Waals surface area contributed by atoms with Gasteiger partial charge in [0, 0.05) is 18.7 Å². The molecule has 1 aliphatic rings. The monoisotopic (exact) mass is 402 g/mol. The summed E-state index contributed by atoms with van der Waals surface area (Å²) < 4.78 is 31.0. The van der Waals surface area contributed by atoms with E-state index in [0.29, 0.717) is 30.8 Å². The summed E-state index contributed by atoms with van der Waals surface area (Å²) in [6.07, 6.45) is 1.49. The summed E-state index contributed by atoms with van der Waals surface area (Å²) in [6, 6.07) is 14.6. The van der Waals surface area contributed by atoms with Crippen molar-refractivity contribution < 1.29 is 17.9 Å². The van der Waals surface area contributed by atoms with Gasteiger partial charge in [-0.15, -0.1) is 0 Å². The molecule has 6 nitrogen and oxygen atoms in total. The summed E-state index contributed by atoms with van der Waals surface area (Å²) in [5.41, 5.74) is 2.24. The van der Waals surface area contributed by atoms with Gasteiger partial charge in [0.15, 0.2) is 0 Å². The van der Waals surface area contributed by atoms with Crippen LogP contribution in [0.5, 0.6) is 5.75 Å². The smallest absolute Gasteiger partial charge is 0.251 e. The number of nitrogens with one attached hydrogen (secondary N) is 1. The van der Waals surface area contributed by atoms with Crippen molar-refractivity contribution in [3.05, 3.63) is 59.7 Å². The fourth-order valence-electron chi connectivity index (χ4n) is 3.14. The van der Waals surface area contributed by atoms with E-state index in [4.69, 9.17) is 4.74 Å². The van der Waals surface area contributed by atoms with Crippen LogP contribution in [0.2, 0.25) is 0 Å². The van der Waals surface area contributed by atoms with Crippen LogP contribution in [0, 0.1) is 0 Å². The number of ether oxygens (including phenoxy) is 1. The van der Waals surface area contributed by atoms with Gasteiger partial charge in [-0.2, -0.15) is 0 Å². The Kier molecular flexibility index (Phi) is 6.24. The van der Waals surface area contributed by atoms with Crippen molar-refractivity contribution in [3.8, 4) is 5.75 Å². The summed E-state index contributed by atoms with van der Waals surface area (Å²) in [5, 5.41) is 2.90. The van der Waals surface area contributed by atoms with E-state index < -0.39 is 10.0 Å². The number of sulfonamides is 1. The number of amides is 1. The van der Waals surface area contributed by atoms with E-state index in [-0.39, 0.29) is 17.8 Å². The van der Waals surface area contributed by atoms with Gasteiger partial charge in [0.2, 0.25) is 10.0 Å². The highest BCUT2D eigenvalue weighted by Crippen LogP contribution is 2.24. The SMILES string of the molecule is CC(C)Oc1ccc(CCNC(=O)c2ccc(N3CCCS3(=O)=O)cc2)cc1. The highest BCUT2D eigenvalue weighted by atomic mass is 32.2. The van der Waals surface area contributed by atoms with E-state index in [0.717, 1.165) is 17.7 Å². The molecule has 7 heteroatoms. The van der Waals surface area contributed by atoms with Crippen LogP contribution in [0.15, 0.2) is 48.5 Å². The van der Waals surface area contributed by atoms with E-state index in [1.807, 2.05) is 38.1 Å². The molecule has 2 aromatic rings. The van der Waals surface area contributed by atoms with E-state index in [2.05, 4.69) is 5.32 Å². The molecule has 0 spiro atoms. The first-order chi connectivity index (χ1) is 13.3. The third-order valence-electron chi connectivity index (χ3n) is 4.51. The standard InChI is InChI=1S/C21H26N2O4S/c1-16(2)27-20-10-4-17(5-11-20)12-13-22-21(24)18-6-8-19(9-7-18)23-14-3-15-28(23,25)26/h4-11,16H,3,12-15H2,1-2H3,(H,22,24). The Morgan fingerprint density at radius 1 is 1.11 bits per heavy atom. The van der Waals surface area contributed by atoms with Crippen molar-refractivity contribution in [3.63, 3.8) is 0 Å². The van der Waals surface area contributed by atoms with Crippen molar-refractivity contribution >= 4 is 21.6 Å². The van der Waals surface area contributed by atoms with E-state index in [1.54, 1.807) is 24.3 Å². The maximum absolute atomic E-state index is 12.3. The highest BCUT2D eigenvalue weighted by molar-refractivity contribution is 7.93. The Morgan fingerprint density at radius 3 is 2.36 bits per heavy atom. The highest BCUT2D eigenvalue weighted by Gasteiger charge is 2.28. The zero-order valence-corrected chi connectivity index (χ0v) is 17.0. The Labute approximate surface area is 166 Å². The largest absolute Gasteiger partial charge is 0.491 e. The Morgan fingerprint density at radius 2 is 1.79 bits per heavy atom. The van der Waals surface area contributed by atoms with E-state index >= 15 is 0 Å². The number of anilines is 1. The zero-order chi connectivity index (χ0) is 20.1. The number of nitrogens with zero attached hydrogens (tertiary/aromatic N) is 1. The molecule has 1 N–H and O–H groups in total. The number of benzene rings is 2. The van der Waals surface area contributed by atoms with Crippen LogP contribution in [0.3, 0.4) is 0 Å². The Bertz CT molecular complexity index is 906. The van der Waals surface area contributed by atoms with E-state index in [9.17, 15) is 13.2 Å². The summed E-state index contributed by atoms with van der Waals surface area (Å²) in [6.45, 7) is 4.99. The van der Waals surface area contributed by atoms with Gasteiger partial charge in [-0.1, -0.05) is 12.1 Å². The lowest BCUT2D eigenvalue weighted by molar-refractivity contribution is 0.0954. The topological polar surface area (TPSA) is 75.7 Å². The third kappa shape index (κ3) is 5.04. The number of carbonyl (C=O) groups excluding carboxylic acids is 1. The minimum absolute atomic E-state index is 0.141. The van der Waals surface area contributed by atoms with Crippen LogP contribution in [-0.2, 0) is 16.4 Å². The van der Waals surface area contributed by atoms with Crippen LogP contribution in [0.4, 0.5) is 5.69 Å². The predicted molar refractivity (Wildman–Crippen MR) is 110 cm³/mol. The average molecular weight is 403 g/mol. The molecule has 0 unspecified atom stereocenters.